The van der Waals surface area contributed by atoms with E-state index in [4.69, 9.17) is 0 Å². The summed E-state index contributed by atoms with van der Waals surface area (Å²) in [6.45, 7) is 6.40. The Bertz CT molecular complexity index is 233. The Morgan fingerprint density at radius 3 is 1.75 bits per heavy atom. The Balaban J connectivity index is 0.00000121. The standard InChI is InChI=1S/C10H14O.Cs/c1-10(2,3)8-4-6-9(11)7-5-8;/h4-7,11H,1-3H3;/q;+1/p-1. The van der Waals surface area contributed by atoms with Gasteiger partial charge in [-0.1, -0.05) is 45.0 Å². The molecule has 0 N–H and O–H groups in total. The molecule has 0 radical (unpaired) electrons. The van der Waals surface area contributed by atoms with E-state index in [-0.39, 0.29) is 80.1 Å². The number of hydrogen-bond acceptors (Lipinski definition) is 1. The third-order valence-corrected chi connectivity index (χ3v) is 1.72. The molecule has 0 aliphatic heterocycles. The van der Waals surface area contributed by atoms with E-state index in [1.54, 1.807) is 12.1 Å². The van der Waals surface area contributed by atoms with Gasteiger partial charge in [-0.3, -0.25) is 0 Å². The molecule has 0 aromatic heterocycles. The van der Waals surface area contributed by atoms with Crippen LogP contribution in [0.3, 0.4) is 0 Å². The molecule has 0 atom stereocenters. The van der Waals surface area contributed by atoms with E-state index in [9.17, 15) is 5.11 Å². The average Bonchev–Trinajstić information content (AvgIpc) is 1.86. The van der Waals surface area contributed by atoms with Gasteiger partial charge in [0.05, 0.1) is 0 Å². The summed E-state index contributed by atoms with van der Waals surface area (Å²) in [6, 6.07) is 7.01. The maximum absolute atomic E-state index is 10.7. The molecule has 0 bridgehead atoms. The van der Waals surface area contributed by atoms with E-state index in [0.29, 0.717) is 0 Å². The van der Waals surface area contributed by atoms with Crippen LogP contribution in [0.5, 0.6) is 5.75 Å². The van der Waals surface area contributed by atoms with Crippen molar-refractivity contribution in [3.05, 3.63) is 29.8 Å². The summed E-state index contributed by atoms with van der Waals surface area (Å²) in [7, 11) is 0. The van der Waals surface area contributed by atoms with E-state index in [1.807, 2.05) is 12.1 Å². The van der Waals surface area contributed by atoms with Gasteiger partial charge < -0.3 is 5.11 Å². The van der Waals surface area contributed by atoms with Crippen LogP contribution in [0.4, 0.5) is 0 Å². The van der Waals surface area contributed by atoms with Crippen molar-refractivity contribution in [2.75, 3.05) is 0 Å². The zero-order chi connectivity index (χ0) is 8.48. The first-order valence-corrected chi connectivity index (χ1v) is 3.78. The van der Waals surface area contributed by atoms with Crippen LogP contribution in [0.15, 0.2) is 24.3 Å². The average molecular weight is 282 g/mol. The smallest absolute Gasteiger partial charge is 0.872 e. The second-order valence-electron chi connectivity index (χ2n) is 3.77. The molecular weight excluding hydrogens is 269 g/mol. The van der Waals surface area contributed by atoms with E-state index in [0.717, 1.165) is 0 Å². The van der Waals surface area contributed by atoms with Crippen LogP contribution in [0.25, 0.3) is 0 Å². The van der Waals surface area contributed by atoms with Crippen LogP contribution in [0, 0.1) is 0 Å². The van der Waals surface area contributed by atoms with Crippen molar-refractivity contribution in [3.8, 4) is 5.75 Å². The zero-order valence-corrected chi connectivity index (χ0v) is 14.5. The quantitative estimate of drug-likeness (QED) is 0.602. The first-order valence-electron chi connectivity index (χ1n) is 3.78. The van der Waals surface area contributed by atoms with Crippen LogP contribution in [-0.2, 0) is 5.41 Å². The SMILES string of the molecule is CC(C)(C)c1ccc([O-])cc1.[Cs+]. The van der Waals surface area contributed by atoms with Gasteiger partial charge in [0.25, 0.3) is 0 Å². The molecule has 0 saturated heterocycles. The third-order valence-electron chi connectivity index (χ3n) is 1.72. The summed E-state index contributed by atoms with van der Waals surface area (Å²) in [4.78, 5) is 0. The molecule has 2 heteroatoms. The van der Waals surface area contributed by atoms with Crippen molar-refractivity contribution in [2.45, 2.75) is 26.2 Å². The Morgan fingerprint density at radius 1 is 1.00 bits per heavy atom. The van der Waals surface area contributed by atoms with Gasteiger partial charge in [0.2, 0.25) is 0 Å². The minimum Gasteiger partial charge on any atom is -0.872 e. The third kappa shape index (κ3) is 3.85. The van der Waals surface area contributed by atoms with Gasteiger partial charge in [-0.2, -0.15) is 0 Å². The summed E-state index contributed by atoms with van der Waals surface area (Å²) in [5, 5.41) is 10.7. The molecule has 0 heterocycles. The molecule has 0 saturated carbocycles. The van der Waals surface area contributed by atoms with Gasteiger partial charge in [-0.15, -0.1) is 5.75 Å². The van der Waals surface area contributed by atoms with Crippen LogP contribution >= 0.6 is 0 Å². The number of rotatable bonds is 0. The molecule has 0 amide bonds. The van der Waals surface area contributed by atoms with Crippen molar-refractivity contribution < 1.29 is 74.0 Å². The molecule has 0 unspecified atom stereocenters. The number of hydrogen-bond donors (Lipinski definition) is 0. The van der Waals surface area contributed by atoms with E-state index in [2.05, 4.69) is 20.8 Å². The van der Waals surface area contributed by atoms with Crippen LogP contribution in [0.1, 0.15) is 26.3 Å². The normalized spacial score (nSPS) is 10.6. The van der Waals surface area contributed by atoms with Gasteiger partial charge >= 0.3 is 68.9 Å². The largest absolute Gasteiger partial charge is 1.00 e. The fraction of sp³-hybridized carbons (Fsp3) is 0.400. The second kappa shape index (κ2) is 5.08. The molecule has 0 aliphatic carbocycles. The maximum atomic E-state index is 10.7. The molecule has 1 aromatic carbocycles. The van der Waals surface area contributed by atoms with Gasteiger partial charge in [0.1, 0.15) is 0 Å². The van der Waals surface area contributed by atoms with E-state index < -0.39 is 0 Å². The van der Waals surface area contributed by atoms with Gasteiger partial charge in [-0.05, 0) is 11.0 Å². The van der Waals surface area contributed by atoms with Gasteiger partial charge in [0.15, 0.2) is 0 Å². The Morgan fingerprint density at radius 2 is 1.42 bits per heavy atom. The minimum atomic E-state index is 0. The molecule has 1 nitrogen and oxygen atoms in total. The molecule has 0 fully saturated rings. The van der Waals surface area contributed by atoms with E-state index >= 15 is 0 Å². The fourth-order valence-corrected chi connectivity index (χ4v) is 0.955. The topological polar surface area (TPSA) is 23.1 Å². The van der Waals surface area contributed by atoms with Crippen molar-refractivity contribution in [1.82, 2.24) is 0 Å². The minimum absolute atomic E-state index is 0. The Hall–Kier alpha value is 1.07. The molecule has 60 valence electrons. The second-order valence-corrected chi connectivity index (χ2v) is 3.77. The molecule has 0 spiro atoms. The molecule has 12 heavy (non-hydrogen) atoms. The van der Waals surface area contributed by atoms with Crippen LogP contribution < -0.4 is 74.0 Å². The summed E-state index contributed by atoms with van der Waals surface area (Å²) < 4.78 is 0. The molecule has 0 aliphatic rings. The van der Waals surface area contributed by atoms with E-state index in [1.165, 1.54) is 5.56 Å². The monoisotopic (exact) mass is 282 g/mol. The first-order chi connectivity index (χ1) is 5.00. The maximum Gasteiger partial charge on any atom is 1.00 e. The van der Waals surface area contributed by atoms with Crippen molar-refractivity contribution >= 4 is 0 Å². The summed E-state index contributed by atoms with van der Waals surface area (Å²) in [6.07, 6.45) is 0. The Kier molecular flexibility index (Phi) is 5.53. The summed E-state index contributed by atoms with van der Waals surface area (Å²) in [5.41, 5.74) is 1.35. The van der Waals surface area contributed by atoms with Gasteiger partial charge in [-0.25, -0.2) is 0 Å². The predicted octanol–water partition coefficient (Wildman–Crippen LogP) is -0.938. The molecular formula is C10H13CsO. The summed E-state index contributed by atoms with van der Waals surface area (Å²) >= 11 is 0. The van der Waals surface area contributed by atoms with Gasteiger partial charge in [0, 0.05) is 0 Å². The predicted molar refractivity (Wildman–Crippen MR) is 44.6 cm³/mol. The molecule has 1 rings (SSSR count). The van der Waals surface area contributed by atoms with Crippen molar-refractivity contribution in [2.24, 2.45) is 0 Å². The zero-order valence-electron chi connectivity index (χ0n) is 8.22. The van der Waals surface area contributed by atoms with Crippen molar-refractivity contribution in [3.63, 3.8) is 0 Å². The van der Waals surface area contributed by atoms with Crippen LogP contribution in [0.2, 0.25) is 0 Å². The fourth-order valence-electron chi connectivity index (χ4n) is 0.955. The summed E-state index contributed by atoms with van der Waals surface area (Å²) in [5.74, 6) is 0.0815. The molecule has 1 aromatic rings. The van der Waals surface area contributed by atoms with Crippen molar-refractivity contribution in [1.29, 1.82) is 0 Å². The number of benzene rings is 1. The Labute approximate surface area is 133 Å². The van der Waals surface area contributed by atoms with Crippen LogP contribution in [-0.4, -0.2) is 0 Å². The first kappa shape index (κ1) is 13.1.